The van der Waals surface area contributed by atoms with Crippen molar-refractivity contribution in [3.8, 4) is 17.2 Å². The van der Waals surface area contributed by atoms with Crippen LogP contribution < -0.4 is 23.3 Å². The lowest BCUT2D eigenvalue weighted by Gasteiger charge is -2.24. The molecule has 2 heterocycles. The lowest BCUT2D eigenvalue weighted by Crippen LogP contribution is -2.26. The van der Waals surface area contributed by atoms with Gasteiger partial charge in [0.25, 0.3) is 0 Å². The summed E-state index contributed by atoms with van der Waals surface area (Å²) in [4.78, 5) is 4.80. The molecule has 6 nitrogen and oxygen atoms in total. The minimum Gasteiger partial charge on any atom is -0.495 e. The Balaban J connectivity index is 1.44. The first-order valence-corrected chi connectivity index (χ1v) is 11.3. The van der Waals surface area contributed by atoms with Gasteiger partial charge in [-0.25, -0.2) is 4.39 Å². The highest BCUT2D eigenvalue weighted by atomic mass is 79.9. The van der Waals surface area contributed by atoms with E-state index >= 15 is 0 Å². The molecule has 2 aliphatic heterocycles. The number of nitrogens with one attached hydrogen (secondary N) is 1. The number of likely N-dealkylation sites (tertiary alicyclic amines) is 1. The molecule has 2 aromatic carbocycles. The van der Waals surface area contributed by atoms with Gasteiger partial charge in [-0.2, -0.15) is 0 Å². The van der Waals surface area contributed by atoms with Crippen molar-refractivity contribution in [2.24, 2.45) is 11.8 Å². The molecule has 0 bridgehead atoms. The van der Waals surface area contributed by atoms with Gasteiger partial charge in [-0.05, 0) is 43.1 Å². The van der Waals surface area contributed by atoms with Gasteiger partial charge in [0.1, 0.15) is 11.5 Å². The van der Waals surface area contributed by atoms with Crippen molar-refractivity contribution in [2.45, 2.75) is 0 Å². The predicted octanol–water partition coefficient (Wildman–Crippen LogP) is 4.66. The smallest absolute Gasteiger partial charge is 0.178 e. The quantitative estimate of drug-likeness (QED) is 0.440. The Morgan fingerprint density at radius 2 is 1.80 bits per heavy atom. The molecular formula is C21H25BrFN3O3S. The lowest BCUT2D eigenvalue weighted by molar-refractivity contribution is 0.385. The standard InChI is InChI=1S/C21H25BrFN3O3S/c1-25-9-13-11-26(12-14(13)10-25)19-8-16(4-5-20(19)27-2)29-30-24-18-7-15(22)6-17(23)21(18)28-3/h4-8,13-14,24H,9-12H2,1-3H3. The van der Waals surface area contributed by atoms with Crippen molar-refractivity contribution in [2.75, 3.05) is 57.1 Å². The van der Waals surface area contributed by atoms with Crippen molar-refractivity contribution >= 4 is 39.5 Å². The summed E-state index contributed by atoms with van der Waals surface area (Å²) in [5.41, 5.74) is 1.53. The predicted molar refractivity (Wildman–Crippen MR) is 122 cm³/mol. The molecule has 0 spiro atoms. The Labute approximate surface area is 189 Å². The lowest BCUT2D eigenvalue weighted by atomic mass is 10.0. The fourth-order valence-corrected chi connectivity index (χ4v) is 5.26. The number of hydrogen-bond acceptors (Lipinski definition) is 7. The SMILES string of the molecule is COc1ccc(OSNc2cc(Br)cc(F)c2OC)cc1N1CC2CN(C)CC2C1. The number of benzene rings is 2. The number of rotatable bonds is 7. The van der Waals surface area contributed by atoms with Crippen molar-refractivity contribution in [3.63, 3.8) is 0 Å². The van der Waals surface area contributed by atoms with Crippen molar-refractivity contribution in [3.05, 3.63) is 40.6 Å². The Bertz CT molecular complexity index is 905. The Morgan fingerprint density at radius 1 is 1.07 bits per heavy atom. The highest BCUT2D eigenvalue weighted by Crippen LogP contribution is 2.40. The molecule has 0 amide bonds. The number of nitrogens with zero attached hydrogens (tertiary/aromatic N) is 2. The highest BCUT2D eigenvalue weighted by molar-refractivity contribution is 9.10. The molecule has 0 radical (unpaired) electrons. The van der Waals surface area contributed by atoms with E-state index in [1.165, 1.54) is 13.2 Å². The second-order valence-electron chi connectivity index (χ2n) is 7.72. The molecule has 4 rings (SSSR count). The first-order chi connectivity index (χ1) is 14.5. The monoisotopic (exact) mass is 497 g/mol. The molecule has 0 aliphatic carbocycles. The number of fused-ring (bicyclic) bond motifs is 1. The minimum absolute atomic E-state index is 0.137. The summed E-state index contributed by atoms with van der Waals surface area (Å²) in [6.07, 6.45) is 0. The largest absolute Gasteiger partial charge is 0.495 e. The molecule has 2 aliphatic rings. The van der Waals surface area contributed by atoms with E-state index in [0.717, 1.165) is 49.8 Å². The summed E-state index contributed by atoms with van der Waals surface area (Å²) in [6, 6.07) is 8.87. The first-order valence-electron chi connectivity index (χ1n) is 9.72. The second-order valence-corrected chi connectivity index (χ2v) is 9.17. The van der Waals surface area contributed by atoms with Crippen LogP contribution in [0.2, 0.25) is 0 Å². The van der Waals surface area contributed by atoms with Gasteiger partial charge in [-0.1, -0.05) is 15.9 Å². The number of ether oxygens (including phenoxy) is 2. The van der Waals surface area contributed by atoms with Gasteiger partial charge < -0.3 is 23.5 Å². The van der Waals surface area contributed by atoms with Crippen LogP contribution in [0.15, 0.2) is 34.8 Å². The van der Waals surface area contributed by atoms with Crippen LogP contribution >= 0.6 is 28.2 Å². The molecule has 162 valence electrons. The molecule has 2 aromatic rings. The van der Waals surface area contributed by atoms with Gasteiger partial charge in [0.15, 0.2) is 23.8 Å². The highest BCUT2D eigenvalue weighted by Gasteiger charge is 2.39. The van der Waals surface area contributed by atoms with Crippen LogP contribution in [-0.4, -0.2) is 52.3 Å². The summed E-state index contributed by atoms with van der Waals surface area (Å²) in [6.45, 7) is 4.33. The van der Waals surface area contributed by atoms with E-state index in [0.29, 0.717) is 27.7 Å². The summed E-state index contributed by atoms with van der Waals surface area (Å²) in [5.74, 6) is 2.60. The molecule has 1 N–H and O–H groups in total. The number of hydrogen-bond donors (Lipinski definition) is 1. The number of methoxy groups -OCH3 is 2. The van der Waals surface area contributed by atoms with Crippen LogP contribution in [0, 0.1) is 17.7 Å². The molecule has 2 atom stereocenters. The zero-order chi connectivity index (χ0) is 21.3. The molecule has 0 aromatic heterocycles. The van der Waals surface area contributed by atoms with Gasteiger partial charge in [0, 0.05) is 36.7 Å². The fraction of sp³-hybridized carbons (Fsp3) is 0.429. The Hall–Kier alpha value is -1.84. The third kappa shape index (κ3) is 4.43. The van der Waals surface area contributed by atoms with Crippen molar-refractivity contribution in [1.82, 2.24) is 4.90 Å². The Kier molecular flexibility index (Phi) is 6.50. The van der Waals surface area contributed by atoms with E-state index in [1.54, 1.807) is 13.2 Å². The first kappa shape index (κ1) is 21.4. The zero-order valence-electron chi connectivity index (χ0n) is 17.2. The van der Waals surface area contributed by atoms with Gasteiger partial charge in [-0.3, -0.25) is 4.72 Å². The van der Waals surface area contributed by atoms with Gasteiger partial charge in [0.2, 0.25) is 0 Å². The molecule has 30 heavy (non-hydrogen) atoms. The van der Waals surface area contributed by atoms with E-state index in [-0.39, 0.29) is 5.75 Å². The van der Waals surface area contributed by atoms with Crippen LogP contribution in [0.25, 0.3) is 0 Å². The van der Waals surface area contributed by atoms with Crippen molar-refractivity contribution < 1.29 is 18.0 Å². The van der Waals surface area contributed by atoms with Crippen LogP contribution in [0.3, 0.4) is 0 Å². The van der Waals surface area contributed by atoms with Crippen molar-refractivity contribution in [1.29, 1.82) is 0 Å². The molecule has 2 fully saturated rings. The van der Waals surface area contributed by atoms with Crippen LogP contribution in [0.4, 0.5) is 15.8 Å². The Morgan fingerprint density at radius 3 is 2.47 bits per heavy atom. The minimum atomic E-state index is -0.452. The van der Waals surface area contributed by atoms with E-state index in [1.807, 2.05) is 18.2 Å². The maximum absolute atomic E-state index is 14.0. The topological polar surface area (TPSA) is 46.2 Å². The molecule has 0 saturated carbocycles. The molecule has 2 saturated heterocycles. The van der Waals surface area contributed by atoms with Crippen LogP contribution in [0.1, 0.15) is 0 Å². The fourth-order valence-electron chi connectivity index (χ4n) is 4.35. The number of anilines is 2. The van der Waals surface area contributed by atoms with Gasteiger partial charge >= 0.3 is 0 Å². The summed E-state index contributed by atoms with van der Waals surface area (Å²) < 4.78 is 34.2. The third-order valence-electron chi connectivity index (χ3n) is 5.66. The maximum Gasteiger partial charge on any atom is 0.178 e. The van der Waals surface area contributed by atoms with Crippen LogP contribution in [-0.2, 0) is 0 Å². The molecule has 9 heteroatoms. The van der Waals surface area contributed by atoms with E-state index in [9.17, 15) is 4.39 Å². The maximum atomic E-state index is 14.0. The number of halogens is 2. The summed E-state index contributed by atoms with van der Waals surface area (Å²) >= 11 is 4.30. The van der Waals surface area contributed by atoms with Crippen LogP contribution in [0.5, 0.6) is 17.2 Å². The van der Waals surface area contributed by atoms with Gasteiger partial charge in [0.05, 0.1) is 25.6 Å². The average molecular weight is 498 g/mol. The third-order valence-corrected chi connectivity index (χ3v) is 6.70. The summed E-state index contributed by atoms with van der Waals surface area (Å²) in [7, 11) is 5.31. The summed E-state index contributed by atoms with van der Waals surface area (Å²) in [5, 5.41) is 0. The van der Waals surface area contributed by atoms with E-state index in [4.69, 9.17) is 13.7 Å². The van der Waals surface area contributed by atoms with Gasteiger partial charge in [-0.15, -0.1) is 0 Å². The molecule has 2 unspecified atom stereocenters. The second kappa shape index (κ2) is 9.11. The van der Waals surface area contributed by atoms with E-state index in [2.05, 4.69) is 37.5 Å². The van der Waals surface area contributed by atoms with E-state index < -0.39 is 5.82 Å². The molecular weight excluding hydrogens is 473 g/mol. The normalized spacial score (nSPS) is 20.9. The average Bonchev–Trinajstić information content (AvgIpc) is 3.25. The zero-order valence-corrected chi connectivity index (χ0v) is 19.6.